The molecule has 2 heterocycles. The van der Waals surface area contributed by atoms with Gasteiger partial charge in [0.05, 0.1) is 29.6 Å². The summed E-state index contributed by atoms with van der Waals surface area (Å²) in [5.74, 6) is 0.399. The number of aromatic nitrogens is 1. The highest BCUT2D eigenvalue weighted by Crippen LogP contribution is 2.20. The minimum Gasteiger partial charge on any atom is -0.353 e. The van der Waals surface area contributed by atoms with Crippen LogP contribution in [0.4, 0.5) is 17.2 Å². The second-order valence-corrected chi connectivity index (χ2v) is 6.05. The van der Waals surface area contributed by atoms with E-state index >= 15 is 0 Å². The number of benzene rings is 1. The lowest BCUT2D eigenvalue weighted by Crippen LogP contribution is -2.14. The second kappa shape index (κ2) is 7.40. The first-order valence-corrected chi connectivity index (χ1v) is 8.17. The van der Waals surface area contributed by atoms with Gasteiger partial charge in [-0.25, -0.2) is 4.98 Å². The maximum atomic E-state index is 11.9. The first kappa shape index (κ1) is 15.7. The largest absolute Gasteiger partial charge is 0.353 e. The number of carbonyl (C=O) groups excluding carboxylic acids is 1. The summed E-state index contributed by atoms with van der Waals surface area (Å²) in [6.07, 6.45) is 1.96. The maximum absolute atomic E-state index is 11.9. The molecular weight excluding hydrogens is 320 g/mol. The number of hydrogen-bond donors (Lipinski definition) is 2. The number of pyridine rings is 1. The first-order valence-electron chi connectivity index (χ1n) is 7.29. The van der Waals surface area contributed by atoms with Crippen molar-refractivity contribution in [3.63, 3.8) is 0 Å². The second-order valence-electron chi connectivity index (χ2n) is 5.02. The summed E-state index contributed by atoms with van der Waals surface area (Å²) in [5, 5.41) is 17.0. The molecule has 0 bridgehead atoms. The van der Waals surface area contributed by atoms with E-state index in [2.05, 4.69) is 21.7 Å². The van der Waals surface area contributed by atoms with Gasteiger partial charge in [0.25, 0.3) is 0 Å². The molecule has 0 spiro atoms. The molecule has 0 saturated heterocycles. The zero-order chi connectivity index (χ0) is 16.8. The lowest BCUT2D eigenvalue weighted by Gasteiger charge is -2.09. The molecule has 6 heteroatoms. The Labute approximate surface area is 143 Å². The molecule has 3 aromatic rings. The standard InChI is InChI=1S/C18H14N4OS/c19-11-13-4-1-2-6-16(13)21-14-7-8-17(20-12-14)22-18(23)10-15-5-3-9-24-15/h1-9,12,21H,10H2,(H,20,22,23). The molecule has 5 nitrogen and oxygen atoms in total. The third kappa shape index (κ3) is 3.97. The van der Waals surface area contributed by atoms with Gasteiger partial charge in [-0.2, -0.15) is 5.26 Å². The number of nitrogens with one attached hydrogen (secondary N) is 2. The van der Waals surface area contributed by atoms with Crippen molar-refractivity contribution in [2.45, 2.75) is 6.42 Å². The van der Waals surface area contributed by atoms with Crippen LogP contribution in [0.1, 0.15) is 10.4 Å². The Kier molecular flexibility index (Phi) is 4.84. The summed E-state index contributed by atoms with van der Waals surface area (Å²) in [5.41, 5.74) is 2.02. The van der Waals surface area contributed by atoms with Gasteiger partial charge in [0.15, 0.2) is 0 Å². The molecule has 0 saturated carbocycles. The van der Waals surface area contributed by atoms with Crippen molar-refractivity contribution >= 4 is 34.4 Å². The number of rotatable bonds is 5. The van der Waals surface area contributed by atoms with Gasteiger partial charge < -0.3 is 10.6 Å². The van der Waals surface area contributed by atoms with Crippen LogP contribution in [0.15, 0.2) is 60.1 Å². The van der Waals surface area contributed by atoms with Crippen LogP contribution in [0, 0.1) is 11.3 Å². The van der Waals surface area contributed by atoms with Gasteiger partial charge in [-0.3, -0.25) is 4.79 Å². The predicted octanol–water partition coefficient (Wildman–Crippen LogP) is 3.94. The molecule has 3 rings (SSSR count). The molecule has 0 aliphatic carbocycles. The average Bonchev–Trinajstić information content (AvgIpc) is 3.10. The number of carbonyl (C=O) groups is 1. The molecule has 1 aromatic carbocycles. The van der Waals surface area contributed by atoms with Gasteiger partial charge in [0.1, 0.15) is 11.9 Å². The van der Waals surface area contributed by atoms with Crippen molar-refractivity contribution in [1.82, 2.24) is 4.98 Å². The van der Waals surface area contributed by atoms with Crippen molar-refractivity contribution in [3.8, 4) is 6.07 Å². The van der Waals surface area contributed by atoms with E-state index in [4.69, 9.17) is 5.26 Å². The van der Waals surface area contributed by atoms with E-state index in [-0.39, 0.29) is 5.91 Å². The Bertz CT molecular complexity index is 867. The van der Waals surface area contributed by atoms with Crippen molar-refractivity contribution in [2.24, 2.45) is 0 Å². The van der Waals surface area contributed by atoms with Gasteiger partial charge in [0.2, 0.25) is 5.91 Å². The van der Waals surface area contributed by atoms with Gasteiger partial charge in [-0.15, -0.1) is 11.3 Å². The van der Waals surface area contributed by atoms with Crippen LogP contribution in [0.2, 0.25) is 0 Å². The van der Waals surface area contributed by atoms with Gasteiger partial charge in [0, 0.05) is 4.88 Å². The summed E-state index contributed by atoms with van der Waals surface area (Å²) < 4.78 is 0. The lowest BCUT2D eigenvalue weighted by molar-refractivity contribution is -0.115. The van der Waals surface area contributed by atoms with E-state index in [0.717, 1.165) is 16.3 Å². The maximum Gasteiger partial charge on any atom is 0.230 e. The Balaban J connectivity index is 1.63. The Morgan fingerprint density at radius 2 is 2.04 bits per heavy atom. The normalized spacial score (nSPS) is 9.96. The summed E-state index contributed by atoms with van der Waals surface area (Å²) in [6, 6.07) is 16.8. The van der Waals surface area contributed by atoms with Crippen molar-refractivity contribution in [1.29, 1.82) is 5.26 Å². The summed E-state index contributed by atoms with van der Waals surface area (Å²) in [6.45, 7) is 0. The van der Waals surface area contributed by atoms with Gasteiger partial charge in [-0.1, -0.05) is 18.2 Å². The monoisotopic (exact) mass is 334 g/mol. The number of hydrogen-bond acceptors (Lipinski definition) is 5. The van der Waals surface area contributed by atoms with Gasteiger partial charge in [-0.05, 0) is 35.7 Å². The van der Waals surface area contributed by atoms with Crippen LogP contribution >= 0.6 is 11.3 Å². The Morgan fingerprint density at radius 3 is 2.75 bits per heavy atom. The molecule has 24 heavy (non-hydrogen) atoms. The smallest absolute Gasteiger partial charge is 0.230 e. The van der Waals surface area contributed by atoms with E-state index in [0.29, 0.717) is 17.8 Å². The number of nitriles is 1. The van der Waals surface area contributed by atoms with Crippen LogP contribution < -0.4 is 10.6 Å². The average molecular weight is 334 g/mol. The molecule has 0 aliphatic rings. The number of nitrogens with zero attached hydrogens (tertiary/aromatic N) is 2. The minimum atomic E-state index is -0.0968. The molecule has 2 aromatic heterocycles. The fourth-order valence-corrected chi connectivity index (χ4v) is 2.85. The van der Waals surface area contributed by atoms with Gasteiger partial charge >= 0.3 is 0 Å². The molecule has 0 atom stereocenters. The SMILES string of the molecule is N#Cc1ccccc1Nc1ccc(NC(=O)Cc2cccs2)nc1. The van der Waals surface area contributed by atoms with Crippen molar-refractivity contribution in [2.75, 3.05) is 10.6 Å². The topological polar surface area (TPSA) is 77.8 Å². The molecule has 2 N–H and O–H groups in total. The fourth-order valence-electron chi connectivity index (χ4n) is 2.15. The third-order valence-corrected chi connectivity index (χ3v) is 4.15. The number of anilines is 3. The minimum absolute atomic E-state index is 0.0968. The number of para-hydroxylation sites is 1. The quantitative estimate of drug-likeness (QED) is 0.741. The molecule has 118 valence electrons. The summed E-state index contributed by atoms with van der Waals surface area (Å²) >= 11 is 1.55. The molecule has 0 fully saturated rings. The summed E-state index contributed by atoms with van der Waals surface area (Å²) in [4.78, 5) is 17.2. The van der Waals surface area contributed by atoms with Crippen LogP contribution in [-0.4, -0.2) is 10.9 Å². The Hall–Kier alpha value is -3.17. The Morgan fingerprint density at radius 1 is 1.17 bits per heavy atom. The number of amides is 1. The van der Waals surface area contributed by atoms with E-state index < -0.39 is 0 Å². The highest BCUT2D eigenvalue weighted by atomic mass is 32.1. The van der Waals surface area contributed by atoms with Crippen molar-refractivity contribution < 1.29 is 4.79 Å². The molecular formula is C18H14N4OS. The van der Waals surface area contributed by atoms with Crippen LogP contribution in [0.3, 0.4) is 0 Å². The van der Waals surface area contributed by atoms with E-state index in [1.165, 1.54) is 0 Å². The van der Waals surface area contributed by atoms with Crippen LogP contribution in [-0.2, 0) is 11.2 Å². The molecule has 0 unspecified atom stereocenters. The molecule has 0 aliphatic heterocycles. The van der Waals surface area contributed by atoms with Crippen LogP contribution in [0.25, 0.3) is 0 Å². The number of thiophene rings is 1. The van der Waals surface area contributed by atoms with Crippen LogP contribution in [0.5, 0.6) is 0 Å². The third-order valence-electron chi connectivity index (χ3n) is 3.27. The predicted molar refractivity (Wildman–Crippen MR) is 95.3 cm³/mol. The van der Waals surface area contributed by atoms with E-state index in [1.807, 2.05) is 41.8 Å². The highest BCUT2D eigenvalue weighted by molar-refractivity contribution is 7.10. The fraction of sp³-hybridized carbons (Fsp3) is 0.0556. The molecule has 1 amide bonds. The zero-order valence-corrected chi connectivity index (χ0v) is 13.5. The van der Waals surface area contributed by atoms with Crippen molar-refractivity contribution in [3.05, 3.63) is 70.5 Å². The first-order chi connectivity index (χ1) is 11.7. The van der Waals surface area contributed by atoms with E-state index in [9.17, 15) is 4.79 Å². The zero-order valence-electron chi connectivity index (χ0n) is 12.7. The highest BCUT2D eigenvalue weighted by Gasteiger charge is 2.06. The summed E-state index contributed by atoms with van der Waals surface area (Å²) in [7, 11) is 0. The lowest BCUT2D eigenvalue weighted by atomic mass is 10.2. The molecule has 0 radical (unpaired) electrons. The van der Waals surface area contributed by atoms with E-state index in [1.54, 1.807) is 29.7 Å².